The summed E-state index contributed by atoms with van der Waals surface area (Å²) in [7, 11) is 1.87. The first-order valence-electron chi connectivity index (χ1n) is 9.24. The molecule has 0 atom stereocenters. The van der Waals surface area contributed by atoms with Crippen molar-refractivity contribution in [2.75, 3.05) is 11.1 Å². The SMILES string of the molecule is Cn1c(SCC(=O)Nc2ccc(Oc3ccccc3)cc2)nnc1-c1cccnc1. The van der Waals surface area contributed by atoms with Crippen LogP contribution in [0.5, 0.6) is 11.5 Å². The van der Waals surface area contributed by atoms with Gasteiger partial charge in [-0.25, -0.2) is 0 Å². The zero-order chi connectivity index (χ0) is 20.8. The molecule has 1 N–H and O–H groups in total. The lowest BCUT2D eigenvalue weighted by Gasteiger charge is -2.08. The van der Waals surface area contributed by atoms with E-state index in [9.17, 15) is 4.79 Å². The van der Waals surface area contributed by atoms with E-state index in [1.54, 1.807) is 12.4 Å². The van der Waals surface area contributed by atoms with Crippen LogP contribution in [0.25, 0.3) is 11.4 Å². The van der Waals surface area contributed by atoms with E-state index in [1.165, 1.54) is 11.8 Å². The molecule has 0 bridgehead atoms. The van der Waals surface area contributed by atoms with Crippen molar-refractivity contribution >= 4 is 23.4 Å². The molecule has 0 spiro atoms. The highest BCUT2D eigenvalue weighted by molar-refractivity contribution is 7.99. The van der Waals surface area contributed by atoms with Gasteiger partial charge in [0.25, 0.3) is 0 Å². The van der Waals surface area contributed by atoms with Crippen molar-refractivity contribution in [1.82, 2.24) is 19.7 Å². The standard InChI is InChI=1S/C22H19N5O2S/c1-27-21(16-6-5-13-23-14-16)25-26-22(27)30-15-20(28)24-17-9-11-19(12-10-17)29-18-7-3-2-4-8-18/h2-14H,15H2,1H3,(H,24,28). The van der Waals surface area contributed by atoms with Crippen LogP contribution < -0.4 is 10.1 Å². The molecule has 150 valence electrons. The maximum Gasteiger partial charge on any atom is 0.234 e. The lowest BCUT2D eigenvalue weighted by atomic mass is 10.3. The van der Waals surface area contributed by atoms with E-state index in [1.807, 2.05) is 78.3 Å². The van der Waals surface area contributed by atoms with Crippen molar-refractivity contribution in [3.63, 3.8) is 0 Å². The summed E-state index contributed by atoms with van der Waals surface area (Å²) >= 11 is 1.33. The Morgan fingerprint density at radius 2 is 1.77 bits per heavy atom. The maximum absolute atomic E-state index is 12.3. The third-order valence-electron chi connectivity index (χ3n) is 4.20. The Hall–Kier alpha value is -3.65. The van der Waals surface area contributed by atoms with E-state index >= 15 is 0 Å². The number of pyridine rings is 1. The number of amides is 1. The topological polar surface area (TPSA) is 81.9 Å². The van der Waals surface area contributed by atoms with E-state index in [0.717, 1.165) is 11.3 Å². The Bertz CT molecular complexity index is 1120. The number of para-hydroxylation sites is 1. The third kappa shape index (κ3) is 4.84. The fraction of sp³-hybridized carbons (Fsp3) is 0.0909. The summed E-state index contributed by atoms with van der Waals surface area (Å²) in [5.74, 6) is 2.28. The fourth-order valence-corrected chi connectivity index (χ4v) is 3.46. The first kappa shape index (κ1) is 19.7. The van der Waals surface area contributed by atoms with E-state index < -0.39 is 0 Å². The zero-order valence-electron chi connectivity index (χ0n) is 16.2. The molecule has 30 heavy (non-hydrogen) atoms. The molecule has 0 saturated carbocycles. The fourth-order valence-electron chi connectivity index (χ4n) is 2.75. The van der Waals surface area contributed by atoms with E-state index in [-0.39, 0.29) is 11.7 Å². The molecular formula is C22H19N5O2S. The van der Waals surface area contributed by atoms with Crippen molar-refractivity contribution in [2.45, 2.75) is 5.16 Å². The molecule has 4 rings (SSSR count). The van der Waals surface area contributed by atoms with Crippen LogP contribution >= 0.6 is 11.8 Å². The summed E-state index contributed by atoms with van der Waals surface area (Å²) in [4.78, 5) is 16.4. The minimum Gasteiger partial charge on any atom is -0.457 e. The molecule has 0 aliphatic heterocycles. The minimum atomic E-state index is -0.123. The Morgan fingerprint density at radius 3 is 2.50 bits per heavy atom. The monoisotopic (exact) mass is 417 g/mol. The molecule has 0 aliphatic rings. The van der Waals surface area contributed by atoms with Gasteiger partial charge in [-0.15, -0.1) is 10.2 Å². The Labute approximate surface area is 178 Å². The molecule has 1 amide bonds. The Morgan fingerprint density at radius 1 is 1.00 bits per heavy atom. The van der Waals surface area contributed by atoms with Crippen LogP contribution in [0, 0.1) is 0 Å². The molecule has 2 heterocycles. The second-order valence-corrected chi connectivity index (χ2v) is 7.33. The predicted molar refractivity (Wildman–Crippen MR) is 117 cm³/mol. The van der Waals surface area contributed by atoms with Crippen LogP contribution in [0.1, 0.15) is 0 Å². The first-order chi connectivity index (χ1) is 14.7. The van der Waals surface area contributed by atoms with Gasteiger partial charge in [-0.2, -0.15) is 0 Å². The molecule has 0 fully saturated rings. The normalized spacial score (nSPS) is 10.6. The van der Waals surface area contributed by atoms with Gasteiger partial charge in [-0.05, 0) is 48.5 Å². The second-order valence-electron chi connectivity index (χ2n) is 6.38. The molecule has 0 saturated heterocycles. The summed E-state index contributed by atoms with van der Waals surface area (Å²) in [6.07, 6.45) is 3.44. The average Bonchev–Trinajstić information content (AvgIpc) is 3.15. The molecular weight excluding hydrogens is 398 g/mol. The number of hydrogen-bond acceptors (Lipinski definition) is 6. The van der Waals surface area contributed by atoms with E-state index in [4.69, 9.17) is 4.74 Å². The number of ether oxygens (including phenoxy) is 1. The quantitative estimate of drug-likeness (QED) is 0.449. The van der Waals surface area contributed by atoms with Crippen LogP contribution in [0.2, 0.25) is 0 Å². The largest absolute Gasteiger partial charge is 0.457 e. The number of nitrogens with one attached hydrogen (secondary N) is 1. The summed E-state index contributed by atoms with van der Waals surface area (Å²) in [5, 5.41) is 11.9. The Kier molecular flexibility index (Phi) is 6.05. The summed E-state index contributed by atoms with van der Waals surface area (Å²) in [6.45, 7) is 0. The maximum atomic E-state index is 12.3. The molecule has 4 aromatic rings. The summed E-state index contributed by atoms with van der Waals surface area (Å²) in [6, 6.07) is 20.6. The minimum absolute atomic E-state index is 0.123. The molecule has 7 nitrogen and oxygen atoms in total. The van der Waals surface area contributed by atoms with Gasteiger partial charge in [-0.1, -0.05) is 30.0 Å². The number of aromatic nitrogens is 4. The molecule has 0 unspecified atom stereocenters. The van der Waals surface area contributed by atoms with E-state index in [0.29, 0.717) is 22.4 Å². The van der Waals surface area contributed by atoms with Gasteiger partial charge in [-0.3, -0.25) is 9.78 Å². The van der Waals surface area contributed by atoms with Gasteiger partial charge in [0.15, 0.2) is 11.0 Å². The van der Waals surface area contributed by atoms with Crippen molar-refractivity contribution in [3.05, 3.63) is 79.1 Å². The van der Waals surface area contributed by atoms with Gasteiger partial charge in [0.1, 0.15) is 11.5 Å². The highest BCUT2D eigenvalue weighted by Crippen LogP contribution is 2.24. The van der Waals surface area contributed by atoms with Crippen LogP contribution in [0.4, 0.5) is 5.69 Å². The number of benzene rings is 2. The third-order valence-corrected chi connectivity index (χ3v) is 5.22. The Balaban J connectivity index is 1.31. The predicted octanol–water partition coefficient (Wildman–Crippen LogP) is 4.40. The smallest absolute Gasteiger partial charge is 0.234 e. The van der Waals surface area contributed by atoms with Crippen molar-refractivity contribution in [3.8, 4) is 22.9 Å². The molecule has 8 heteroatoms. The summed E-state index contributed by atoms with van der Waals surface area (Å²) in [5.41, 5.74) is 1.58. The summed E-state index contributed by atoms with van der Waals surface area (Å²) < 4.78 is 7.61. The lowest BCUT2D eigenvalue weighted by Crippen LogP contribution is -2.14. The van der Waals surface area contributed by atoms with Crippen molar-refractivity contribution in [1.29, 1.82) is 0 Å². The first-order valence-corrected chi connectivity index (χ1v) is 10.2. The van der Waals surface area contributed by atoms with Gasteiger partial charge >= 0.3 is 0 Å². The van der Waals surface area contributed by atoms with Gasteiger partial charge in [0.05, 0.1) is 5.75 Å². The molecule has 0 aliphatic carbocycles. The number of nitrogens with zero attached hydrogens (tertiary/aromatic N) is 4. The van der Waals surface area contributed by atoms with Crippen molar-refractivity contribution in [2.24, 2.45) is 7.05 Å². The van der Waals surface area contributed by atoms with Gasteiger partial charge < -0.3 is 14.6 Å². The number of anilines is 1. The number of thioether (sulfide) groups is 1. The van der Waals surface area contributed by atoms with Gasteiger partial charge in [0.2, 0.25) is 5.91 Å². The molecule has 2 aromatic carbocycles. The number of carbonyl (C=O) groups is 1. The van der Waals surface area contributed by atoms with Crippen molar-refractivity contribution < 1.29 is 9.53 Å². The van der Waals surface area contributed by atoms with Crippen LogP contribution in [0.3, 0.4) is 0 Å². The highest BCUT2D eigenvalue weighted by Gasteiger charge is 2.13. The zero-order valence-corrected chi connectivity index (χ0v) is 17.0. The molecule has 0 radical (unpaired) electrons. The van der Waals surface area contributed by atoms with Gasteiger partial charge in [0, 0.05) is 30.7 Å². The number of carbonyl (C=O) groups excluding carboxylic acids is 1. The molecule has 2 aromatic heterocycles. The number of rotatable bonds is 7. The highest BCUT2D eigenvalue weighted by atomic mass is 32.2. The second kappa shape index (κ2) is 9.23. The van der Waals surface area contributed by atoms with E-state index in [2.05, 4.69) is 20.5 Å². The van der Waals surface area contributed by atoms with Crippen LogP contribution in [-0.4, -0.2) is 31.4 Å². The number of hydrogen-bond donors (Lipinski definition) is 1. The van der Waals surface area contributed by atoms with Crippen LogP contribution in [-0.2, 0) is 11.8 Å². The lowest BCUT2D eigenvalue weighted by molar-refractivity contribution is -0.113. The average molecular weight is 417 g/mol. The van der Waals surface area contributed by atoms with Crippen LogP contribution in [0.15, 0.2) is 84.3 Å².